The maximum absolute atomic E-state index is 5.35. The van der Waals surface area contributed by atoms with Crippen molar-refractivity contribution in [2.75, 3.05) is 19.0 Å². The summed E-state index contributed by atoms with van der Waals surface area (Å²) in [5.41, 5.74) is 4.60. The van der Waals surface area contributed by atoms with Gasteiger partial charge in [0.15, 0.2) is 11.3 Å². The average molecular weight is 392 g/mol. The highest BCUT2D eigenvalue weighted by Crippen LogP contribution is 2.36. The molecule has 5 rings (SSSR count). The quantitative estimate of drug-likeness (QED) is 0.557. The minimum absolute atomic E-state index is 0.349. The van der Waals surface area contributed by atoms with E-state index in [1.807, 2.05) is 32.3 Å². The number of aromatic nitrogens is 7. The number of ether oxygens (including phenoxy) is 1. The molecule has 2 unspecified atom stereocenters. The van der Waals surface area contributed by atoms with Crippen molar-refractivity contribution >= 4 is 28.3 Å². The van der Waals surface area contributed by atoms with Gasteiger partial charge in [0.1, 0.15) is 6.33 Å². The molecule has 0 radical (unpaired) electrons. The number of nitrogens with one attached hydrogen (secondary N) is 1. The molecule has 4 heterocycles. The second kappa shape index (κ2) is 7.07. The normalized spacial score (nSPS) is 19.4. The van der Waals surface area contributed by atoms with Crippen LogP contribution in [0, 0.1) is 19.8 Å². The molecule has 1 saturated carbocycles. The standard InChI is InChI=1S/C20H24N8O/c1-12-6-18-22-11-23-27(18)9-17(12)24-20-21-8-16-13(2)26-28(19(16)25-20)15-5-4-14(7-15)10-29-3/h6,8-9,11,14-15H,4-5,7,10H2,1-3H3,(H,21,24,25). The molecule has 4 aromatic heterocycles. The zero-order chi connectivity index (χ0) is 20.0. The first-order valence-electron chi connectivity index (χ1n) is 9.90. The molecular weight excluding hydrogens is 368 g/mol. The van der Waals surface area contributed by atoms with Crippen LogP contribution in [-0.4, -0.2) is 48.1 Å². The third-order valence-electron chi connectivity index (χ3n) is 5.76. The van der Waals surface area contributed by atoms with Crippen molar-refractivity contribution in [3.8, 4) is 0 Å². The summed E-state index contributed by atoms with van der Waals surface area (Å²) in [6.07, 6.45) is 8.62. The van der Waals surface area contributed by atoms with Crippen molar-refractivity contribution < 1.29 is 4.74 Å². The van der Waals surface area contributed by atoms with Crippen molar-refractivity contribution in [2.45, 2.75) is 39.2 Å². The molecule has 1 aliphatic rings. The van der Waals surface area contributed by atoms with E-state index in [1.54, 1.807) is 18.0 Å². The summed E-state index contributed by atoms with van der Waals surface area (Å²) in [6.45, 7) is 4.85. The predicted octanol–water partition coefficient (Wildman–Crippen LogP) is 3.22. The Morgan fingerprint density at radius 3 is 3.00 bits per heavy atom. The van der Waals surface area contributed by atoms with Crippen LogP contribution in [-0.2, 0) is 4.74 Å². The van der Waals surface area contributed by atoms with E-state index in [0.29, 0.717) is 17.9 Å². The second-order valence-corrected chi connectivity index (χ2v) is 7.81. The van der Waals surface area contributed by atoms with E-state index < -0.39 is 0 Å². The first kappa shape index (κ1) is 18.0. The van der Waals surface area contributed by atoms with Crippen molar-refractivity contribution in [3.05, 3.63) is 36.0 Å². The monoisotopic (exact) mass is 392 g/mol. The van der Waals surface area contributed by atoms with Crippen LogP contribution in [0.2, 0.25) is 0 Å². The Balaban J connectivity index is 1.48. The Morgan fingerprint density at radius 1 is 1.24 bits per heavy atom. The molecule has 0 aliphatic heterocycles. The van der Waals surface area contributed by atoms with Crippen LogP contribution in [0.5, 0.6) is 0 Å². The van der Waals surface area contributed by atoms with E-state index in [2.05, 4.69) is 25.1 Å². The molecule has 9 nitrogen and oxygen atoms in total. The molecule has 0 amide bonds. The molecule has 1 fully saturated rings. The lowest BCUT2D eigenvalue weighted by Gasteiger charge is -2.13. The van der Waals surface area contributed by atoms with E-state index in [4.69, 9.17) is 14.8 Å². The SMILES string of the molecule is COCC1CCC(n2nc(C)c3cnc(Nc4cn5ncnc5cc4C)nc32)C1. The molecule has 1 aliphatic carbocycles. The molecule has 4 aromatic rings. The summed E-state index contributed by atoms with van der Waals surface area (Å²) in [5, 5.41) is 13.3. The van der Waals surface area contributed by atoms with Crippen LogP contribution in [0.3, 0.4) is 0 Å². The van der Waals surface area contributed by atoms with Crippen LogP contribution in [0.25, 0.3) is 16.7 Å². The minimum Gasteiger partial charge on any atom is -0.384 e. The van der Waals surface area contributed by atoms with Crippen LogP contribution in [0.15, 0.2) is 24.8 Å². The lowest BCUT2D eigenvalue weighted by molar-refractivity contribution is 0.153. The Bertz CT molecular complexity index is 1180. The molecule has 0 saturated heterocycles. The summed E-state index contributed by atoms with van der Waals surface area (Å²) in [4.78, 5) is 13.6. The van der Waals surface area contributed by atoms with Crippen LogP contribution in [0.4, 0.5) is 11.6 Å². The van der Waals surface area contributed by atoms with Gasteiger partial charge in [-0.2, -0.15) is 15.2 Å². The van der Waals surface area contributed by atoms with Gasteiger partial charge in [0.05, 0.1) is 29.0 Å². The number of nitrogens with zero attached hydrogens (tertiary/aromatic N) is 7. The van der Waals surface area contributed by atoms with Gasteiger partial charge in [0.25, 0.3) is 0 Å². The van der Waals surface area contributed by atoms with Gasteiger partial charge in [-0.05, 0) is 50.7 Å². The van der Waals surface area contributed by atoms with E-state index in [0.717, 1.165) is 59.5 Å². The Morgan fingerprint density at radius 2 is 2.14 bits per heavy atom. The number of pyridine rings is 1. The summed E-state index contributed by atoms with van der Waals surface area (Å²) in [6, 6.07) is 2.33. The number of hydrogen-bond acceptors (Lipinski definition) is 7. The van der Waals surface area contributed by atoms with Gasteiger partial charge in [-0.1, -0.05) is 0 Å². The molecule has 0 aromatic carbocycles. The maximum Gasteiger partial charge on any atom is 0.229 e. The van der Waals surface area contributed by atoms with Gasteiger partial charge in [-0.15, -0.1) is 0 Å². The summed E-state index contributed by atoms with van der Waals surface area (Å²) in [5.74, 6) is 1.13. The van der Waals surface area contributed by atoms with E-state index >= 15 is 0 Å². The Hall–Kier alpha value is -3.07. The molecule has 9 heteroatoms. The summed E-state index contributed by atoms with van der Waals surface area (Å²) in [7, 11) is 1.77. The van der Waals surface area contributed by atoms with Gasteiger partial charge in [0.2, 0.25) is 5.95 Å². The Labute approximate surface area is 168 Å². The fourth-order valence-corrected chi connectivity index (χ4v) is 4.25. The first-order valence-corrected chi connectivity index (χ1v) is 9.90. The number of fused-ring (bicyclic) bond motifs is 2. The van der Waals surface area contributed by atoms with Gasteiger partial charge in [0, 0.05) is 19.9 Å². The fraction of sp³-hybridized carbons (Fsp3) is 0.450. The first-order chi connectivity index (χ1) is 14.1. The lowest BCUT2D eigenvalue weighted by Crippen LogP contribution is -2.10. The highest BCUT2D eigenvalue weighted by molar-refractivity contribution is 5.79. The smallest absolute Gasteiger partial charge is 0.229 e. The predicted molar refractivity (Wildman–Crippen MR) is 109 cm³/mol. The van der Waals surface area contributed by atoms with Crippen LogP contribution in [0.1, 0.15) is 36.6 Å². The minimum atomic E-state index is 0.349. The van der Waals surface area contributed by atoms with Crippen molar-refractivity contribution in [2.24, 2.45) is 5.92 Å². The second-order valence-electron chi connectivity index (χ2n) is 7.81. The van der Waals surface area contributed by atoms with Gasteiger partial charge in [-0.3, -0.25) is 0 Å². The average Bonchev–Trinajstić information content (AvgIpc) is 3.42. The third kappa shape index (κ3) is 3.21. The summed E-state index contributed by atoms with van der Waals surface area (Å²) < 4.78 is 9.16. The van der Waals surface area contributed by atoms with E-state index in [1.165, 1.54) is 0 Å². The number of anilines is 2. The topological polar surface area (TPSA) is 95.0 Å². The maximum atomic E-state index is 5.35. The lowest BCUT2D eigenvalue weighted by atomic mass is 10.1. The van der Waals surface area contributed by atoms with Gasteiger partial charge < -0.3 is 10.1 Å². The van der Waals surface area contributed by atoms with Gasteiger partial charge in [-0.25, -0.2) is 19.2 Å². The molecule has 0 spiro atoms. The zero-order valence-corrected chi connectivity index (χ0v) is 16.8. The fourth-order valence-electron chi connectivity index (χ4n) is 4.25. The number of aryl methyl sites for hydroxylation is 2. The summed E-state index contributed by atoms with van der Waals surface area (Å²) >= 11 is 0. The zero-order valence-electron chi connectivity index (χ0n) is 16.8. The molecule has 1 N–H and O–H groups in total. The number of hydrogen-bond donors (Lipinski definition) is 1. The van der Waals surface area contributed by atoms with E-state index in [-0.39, 0.29) is 0 Å². The van der Waals surface area contributed by atoms with Crippen LogP contribution < -0.4 is 5.32 Å². The molecule has 2 atom stereocenters. The highest BCUT2D eigenvalue weighted by Gasteiger charge is 2.28. The molecular formula is C20H24N8O. The van der Waals surface area contributed by atoms with Gasteiger partial charge >= 0.3 is 0 Å². The number of methoxy groups -OCH3 is 1. The van der Waals surface area contributed by atoms with Crippen molar-refractivity contribution in [1.82, 2.24) is 34.3 Å². The molecule has 0 bridgehead atoms. The molecule has 29 heavy (non-hydrogen) atoms. The highest BCUT2D eigenvalue weighted by atomic mass is 16.5. The van der Waals surface area contributed by atoms with Crippen LogP contribution >= 0.6 is 0 Å². The number of rotatable bonds is 5. The largest absolute Gasteiger partial charge is 0.384 e. The van der Waals surface area contributed by atoms with E-state index in [9.17, 15) is 0 Å². The molecule has 150 valence electrons. The van der Waals surface area contributed by atoms with Crippen molar-refractivity contribution in [1.29, 1.82) is 0 Å². The third-order valence-corrected chi connectivity index (χ3v) is 5.76. The van der Waals surface area contributed by atoms with Crippen molar-refractivity contribution in [3.63, 3.8) is 0 Å². The Kier molecular flexibility index (Phi) is 4.39.